The molecule has 0 saturated heterocycles. The largest absolute Gasteiger partial charge is 0.474 e. The number of carbonyl (C=O) groups excluding carboxylic acids is 1. The lowest BCUT2D eigenvalue weighted by Gasteiger charge is -2.33. The van der Waals surface area contributed by atoms with Crippen LogP contribution in [0, 0.1) is 6.92 Å². The number of anilines is 4. The topological polar surface area (TPSA) is 100 Å². The van der Waals surface area contributed by atoms with Gasteiger partial charge in [-0.3, -0.25) is 9.48 Å². The zero-order valence-electron chi connectivity index (χ0n) is 19.5. The lowest BCUT2D eigenvalue weighted by atomic mass is 10.0. The van der Waals surface area contributed by atoms with Crippen molar-refractivity contribution in [2.24, 2.45) is 0 Å². The number of aromatic nitrogens is 4. The Balaban J connectivity index is 1.22. The maximum absolute atomic E-state index is 12.2. The fourth-order valence-electron chi connectivity index (χ4n) is 4.88. The molecule has 10 heteroatoms. The lowest BCUT2D eigenvalue weighted by molar-refractivity contribution is -0.130. The Bertz CT molecular complexity index is 1270. The maximum atomic E-state index is 12.2. The fourth-order valence-corrected chi connectivity index (χ4v) is 4.88. The van der Waals surface area contributed by atoms with Crippen molar-refractivity contribution in [2.75, 3.05) is 48.8 Å². The molecule has 3 aliphatic rings. The van der Waals surface area contributed by atoms with Crippen molar-refractivity contribution >= 4 is 28.9 Å². The number of hydrogen-bond donors (Lipinski definition) is 2. The Labute approximate surface area is 197 Å². The first-order chi connectivity index (χ1) is 16.5. The van der Waals surface area contributed by atoms with Crippen LogP contribution < -0.4 is 20.3 Å². The highest BCUT2D eigenvalue weighted by Crippen LogP contribution is 2.36. The molecule has 0 radical (unpaired) electrons. The van der Waals surface area contributed by atoms with Gasteiger partial charge >= 0.3 is 0 Å². The molecule has 2 N–H and O–H groups in total. The molecule has 0 saturated carbocycles. The summed E-state index contributed by atoms with van der Waals surface area (Å²) in [6, 6.07) is 4.12. The van der Waals surface area contributed by atoms with Crippen molar-refractivity contribution < 1.29 is 9.53 Å². The molecule has 3 aromatic rings. The third-order valence-corrected chi connectivity index (χ3v) is 6.89. The SMILES string of the molecule is Cc1c(N2CCc3cnc(Nc4cc5n(n4)CC(=O)N(C)CC5)cc3C2)cnc2c1NCCO2. The number of pyridine rings is 2. The van der Waals surface area contributed by atoms with E-state index >= 15 is 0 Å². The number of hydrogen-bond acceptors (Lipinski definition) is 8. The van der Waals surface area contributed by atoms with Crippen LogP contribution in [-0.4, -0.2) is 63.8 Å². The van der Waals surface area contributed by atoms with Crippen LogP contribution in [0.3, 0.4) is 0 Å². The molecule has 10 nitrogen and oxygen atoms in total. The number of amides is 1. The van der Waals surface area contributed by atoms with E-state index in [0.717, 1.165) is 55.4 Å². The van der Waals surface area contributed by atoms with E-state index < -0.39 is 0 Å². The van der Waals surface area contributed by atoms with Crippen LogP contribution in [0.1, 0.15) is 22.4 Å². The summed E-state index contributed by atoms with van der Waals surface area (Å²) in [7, 11) is 1.83. The van der Waals surface area contributed by atoms with Gasteiger partial charge in [0.1, 0.15) is 24.7 Å². The summed E-state index contributed by atoms with van der Waals surface area (Å²) >= 11 is 0. The highest BCUT2D eigenvalue weighted by atomic mass is 16.5. The first-order valence-corrected chi connectivity index (χ1v) is 11.7. The van der Waals surface area contributed by atoms with E-state index in [1.165, 1.54) is 16.7 Å². The first kappa shape index (κ1) is 20.8. The predicted molar refractivity (Wildman–Crippen MR) is 129 cm³/mol. The molecule has 1 amide bonds. The van der Waals surface area contributed by atoms with Gasteiger partial charge in [0, 0.05) is 63.2 Å². The molecule has 0 atom stereocenters. The van der Waals surface area contributed by atoms with Gasteiger partial charge in [-0.25, -0.2) is 9.97 Å². The highest BCUT2D eigenvalue weighted by Gasteiger charge is 2.24. The Morgan fingerprint density at radius 2 is 1.97 bits per heavy atom. The summed E-state index contributed by atoms with van der Waals surface area (Å²) in [5.41, 5.74) is 6.85. The Morgan fingerprint density at radius 1 is 1.06 bits per heavy atom. The van der Waals surface area contributed by atoms with Gasteiger partial charge in [0.05, 0.1) is 11.9 Å². The fraction of sp³-hybridized carbons (Fsp3) is 0.417. The zero-order chi connectivity index (χ0) is 23.2. The van der Waals surface area contributed by atoms with Gasteiger partial charge in [-0.2, -0.15) is 5.10 Å². The minimum absolute atomic E-state index is 0.0779. The monoisotopic (exact) mass is 460 g/mol. The van der Waals surface area contributed by atoms with Crippen LogP contribution >= 0.6 is 0 Å². The van der Waals surface area contributed by atoms with E-state index in [4.69, 9.17) is 4.74 Å². The molecule has 0 aromatic carbocycles. The highest BCUT2D eigenvalue weighted by molar-refractivity contribution is 5.76. The summed E-state index contributed by atoms with van der Waals surface area (Å²) in [5, 5.41) is 11.4. The minimum atomic E-state index is 0.0779. The van der Waals surface area contributed by atoms with Crippen molar-refractivity contribution in [2.45, 2.75) is 32.9 Å². The number of ether oxygens (including phenoxy) is 1. The molecule has 3 aromatic heterocycles. The van der Waals surface area contributed by atoms with Crippen LogP contribution in [0.15, 0.2) is 24.5 Å². The first-order valence-electron chi connectivity index (χ1n) is 11.7. The molecule has 0 fully saturated rings. The second-order valence-corrected chi connectivity index (χ2v) is 9.10. The summed E-state index contributed by atoms with van der Waals surface area (Å²) < 4.78 is 7.48. The van der Waals surface area contributed by atoms with Crippen molar-refractivity contribution in [3.8, 4) is 5.88 Å². The number of fused-ring (bicyclic) bond motifs is 3. The van der Waals surface area contributed by atoms with Crippen molar-refractivity contribution in [3.05, 3.63) is 46.9 Å². The third-order valence-electron chi connectivity index (χ3n) is 6.89. The molecular formula is C24H28N8O2. The van der Waals surface area contributed by atoms with E-state index in [9.17, 15) is 4.79 Å². The Hall–Kier alpha value is -3.82. The zero-order valence-corrected chi connectivity index (χ0v) is 19.5. The predicted octanol–water partition coefficient (Wildman–Crippen LogP) is 2.11. The van der Waals surface area contributed by atoms with E-state index in [2.05, 4.69) is 43.6 Å². The molecule has 0 bridgehead atoms. The average Bonchev–Trinajstić information content (AvgIpc) is 3.17. The van der Waals surface area contributed by atoms with Crippen LogP contribution in [-0.2, 0) is 30.7 Å². The summed E-state index contributed by atoms with van der Waals surface area (Å²) in [4.78, 5) is 25.5. The van der Waals surface area contributed by atoms with Gasteiger partial charge in [0.2, 0.25) is 11.8 Å². The quantitative estimate of drug-likeness (QED) is 0.613. The number of nitrogens with zero attached hydrogens (tertiary/aromatic N) is 6. The molecule has 6 heterocycles. The number of carbonyl (C=O) groups is 1. The van der Waals surface area contributed by atoms with Crippen molar-refractivity contribution in [1.82, 2.24) is 24.6 Å². The van der Waals surface area contributed by atoms with E-state index in [1.807, 2.05) is 25.5 Å². The molecule has 0 spiro atoms. The molecule has 34 heavy (non-hydrogen) atoms. The summed E-state index contributed by atoms with van der Waals surface area (Å²) in [6.07, 6.45) is 5.60. The van der Waals surface area contributed by atoms with Gasteiger partial charge in [0.25, 0.3) is 0 Å². The van der Waals surface area contributed by atoms with Crippen LogP contribution in [0.4, 0.5) is 23.0 Å². The van der Waals surface area contributed by atoms with Gasteiger partial charge < -0.3 is 25.2 Å². The van der Waals surface area contributed by atoms with Gasteiger partial charge in [-0.15, -0.1) is 0 Å². The molecule has 6 rings (SSSR count). The maximum Gasteiger partial charge on any atom is 0.244 e. The Kier molecular flexibility index (Phi) is 5.00. The molecule has 0 unspecified atom stereocenters. The van der Waals surface area contributed by atoms with Gasteiger partial charge in [-0.1, -0.05) is 0 Å². The second kappa shape index (κ2) is 8.19. The van der Waals surface area contributed by atoms with Crippen molar-refractivity contribution in [1.29, 1.82) is 0 Å². The van der Waals surface area contributed by atoms with E-state index in [-0.39, 0.29) is 12.5 Å². The third kappa shape index (κ3) is 3.68. The lowest BCUT2D eigenvalue weighted by Crippen LogP contribution is -2.32. The van der Waals surface area contributed by atoms with Gasteiger partial charge in [-0.05, 0) is 30.5 Å². The van der Waals surface area contributed by atoms with Crippen LogP contribution in [0.2, 0.25) is 0 Å². The number of nitrogens with one attached hydrogen (secondary N) is 2. The second-order valence-electron chi connectivity index (χ2n) is 9.10. The van der Waals surface area contributed by atoms with E-state index in [1.54, 1.807) is 9.58 Å². The smallest absolute Gasteiger partial charge is 0.244 e. The molecule has 176 valence electrons. The minimum Gasteiger partial charge on any atom is -0.474 e. The van der Waals surface area contributed by atoms with E-state index in [0.29, 0.717) is 24.8 Å². The number of rotatable bonds is 3. The van der Waals surface area contributed by atoms with Gasteiger partial charge in [0.15, 0.2) is 5.82 Å². The van der Waals surface area contributed by atoms with Crippen LogP contribution in [0.25, 0.3) is 0 Å². The standard InChI is InChI=1S/C24H28N8O2/c1-15-19(12-27-24-23(15)25-5-8-34-24)31-7-3-16-11-26-20(9-17(16)13-31)28-21-10-18-4-6-30(2)22(33)14-32(18)29-21/h9-12,25H,3-8,13-14H2,1-2H3,(H,26,28,29). The Morgan fingerprint density at radius 3 is 2.88 bits per heavy atom. The summed E-state index contributed by atoms with van der Waals surface area (Å²) in [6.45, 7) is 6.24. The number of likely N-dealkylation sites (N-methyl/N-ethyl adjacent to an activating group) is 1. The molecular weight excluding hydrogens is 432 g/mol. The molecule has 0 aliphatic carbocycles. The average molecular weight is 461 g/mol. The normalized spacial score (nSPS) is 17.2. The molecule has 3 aliphatic heterocycles. The summed E-state index contributed by atoms with van der Waals surface area (Å²) in [5.74, 6) is 2.24. The van der Waals surface area contributed by atoms with Crippen molar-refractivity contribution in [3.63, 3.8) is 0 Å². The van der Waals surface area contributed by atoms with Crippen LogP contribution in [0.5, 0.6) is 5.88 Å².